The highest BCUT2D eigenvalue weighted by atomic mass is 32.1. The molecule has 9 aromatic rings. The minimum absolute atomic E-state index is 0.589. The molecule has 0 aliphatic carbocycles. The van der Waals surface area contributed by atoms with Gasteiger partial charge in [-0.25, -0.2) is 19.9 Å². The molecule has 4 heterocycles. The number of hydrogen-bond donors (Lipinski definition) is 0. The van der Waals surface area contributed by atoms with Gasteiger partial charge in [0.25, 0.3) is 0 Å². The number of pyridine rings is 1. The molecule has 0 aliphatic heterocycles. The summed E-state index contributed by atoms with van der Waals surface area (Å²) in [5.41, 5.74) is 4.98. The Morgan fingerprint density at radius 2 is 1.05 bits per heavy atom. The summed E-state index contributed by atoms with van der Waals surface area (Å²) in [5, 5.41) is 5.03. The van der Waals surface area contributed by atoms with Gasteiger partial charge in [-0.05, 0) is 36.4 Å². The van der Waals surface area contributed by atoms with Gasteiger partial charge in [-0.2, -0.15) is 0 Å². The van der Waals surface area contributed by atoms with Crippen LogP contribution >= 0.6 is 11.3 Å². The largest absolute Gasteiger partial charge is 0.294 e. The number of rotatable bonds is 4. The van der Waals surface area contributed by atoms with Gasteiger partial charge >= 0.3 is 0 Å². The molecule has 4 aromatic heterocycles. The summed E-state index contributed by atoms with van der Waals surface area (Å²) >= 11 is 1.83. The van der Waals surface area contributed by atoms with Gasteiger partial charge in [-0.3, -0.25) is 4.57 Å². The van der Waals surface area contributed by atoms with E-state index in [1.165, 1.54) is 30.9 Å². The molecule has 0 saturated carbocycles. The molecular formula is C38H23N5S. The van der Waals surface area contributed by atoms with E-state index in [0.29, 0.717) is 17.5 Å². The van der Waals surface area contributed by atoms with Crippen LogP contribution in [0.4, 0.5) is 0 Å². The van der Waals surface area contributed by atoms with Crippen LogP contribution in [0.5, 0.6) is 0 Å². The number of hydrogen-bond acceptors (Lipinski definition) is 5. The standard InChI is InChI=1S/C38H23N5S/c1-3-11-24(12-4-1)36-40-37(25-13-5-2-6-14-25)42-38(41-36)26-19-20-35(39-23-26)43-31-17-9-7-15-27(31)29-21-30-28-16-8-10-18-33(28)44-34(30)22-32(29)43/h1-23H. The van der Waals surface area contributed by atoms with Crippen LogP contribution < -0.4 is 0 Å². The topological polar surface area (TPSA) is 56.5 Å². The first kappa shape index (κ1) is 24.8. The number of aromatic nitrogens is 5. The van der Waals surface area contributed by atoms with Gasteiger partial charge in [0, 0.05) is 53.8 Å². The molecule has 206 valence electrons. The SMILES string of the molecule is c1ccc(-c2nc(-c3ccccc3)nc(-c3ccc(-n4c5ccccc5c5cc6c(cc54)sc4ccccc46)nc3)n2)cc1. The van der Waals surface area contributed by atoms with Gasteiger partial charge in [0.2, 0.25) is 0 Å². The van der Waals surface area contributed by atoms with E-state index >= 15 is 0 Å². The molecular weight excluding hydrogens is 559 g/mol. The summed E-state index contributed by atoms with van der Waals surface area (Å²) in [6.45, 7) is 0. The summed E-state index contributed by atoms with van der Waals surface area (Å²) in [4.78, 5) is 19.6. The predicted molar refractivity (Wildman–Crippen MR) is 181 cm³/mol. The maximum Gasteiger partial charge on any atom is 0.165 e. The van der Waals surface area contributed by atoms with Crippen molar-refractivity contribution in [2.75, 3.05) is 0 Å². The normalized spacial score (nSPS) is 11.6. The fraction of sp³-hybridized carbons (Fsp3) is 0. The highest BCUT2D eigenvalue weighted by Gasteiger charge is 2.17. The highest BCUT2D eigenvalue weighted by Crippen LogP contribution is 2.40. The predicted octanol–water partition coefficient (Wildman–Crippen LogP) is 9.73. The molecule has 0 N–H and O–H groups in total. The smallest absolute Gasteiger partial charge is 0.165 e. The van der Waals surface area contributed by atoms with Gasteiger partial charge in [0.05, 0.1) is 11.0 Å². The molecule has 0 saturated heterocycles. The van der Waals surface area contributed by atoms with E-state index in [1.54, 1.807) is 0 Å². The lowest BCUT2D eigenvalue weighted by Crippen LogP contribution is -2.01. The van der Waals surface area contributed by atoms with Crippen molar-refractivity contribution in [3.8, 4) is 40.0 Å². The third-order valence-electron chi connectivity index (χ3n) is 8.11. The Morgan fingerprint density at radius 1 is 0.432 bits per heavy atom. The van der Waals surface area contributed by atoms with Crippen molar-refractivity contribution in [2.45, 2.75) is 0 Å². The van der Waals surface area contributed by atoms with E-state index in [1.807, 2.05) is 78.2 Å². The first-order chi connectivity index (χ1) is 21.8. The Kier molecular flexibility index (Phi) is 5.61. The molecule has 0 fully saturated rings. The van der Waals surface area contributed by atoms with Crippen molar-refractivity contribution in [3.63, 3.8) is 0 Å². The lowest BCUT2D eigenvalue weighted by Gasteiger charge is -2.10. The van der Waals surface area contributed by atoms with Crippen LogP contribution in [0.2, 0.25) is 0 Å². The summed E-state index contributed by atoms with van der Waals surface area (Å²) in [5.74, 6) is 2.70. The van der Waals surface area contributed by atoms with E-state index in [-0.39, 0.29) is 0 Å². The molecule has 0 unspecified atom stereocenters. The van der Waals surface area contributed by atoms with Crippen molar-refractivity contribution in [2.24, 2.45) is 0 Å². The summed E-state index contributed by atoms with van der Waals surface area (Å²) in [7, 11) is 0. The van der Waals surface area contributed by atoms with Crippen LogP contribution in [-0.2, 0) is 0 Å². The third kappa shape index (κ3) is 4.00. The number of thiophene rings is 1. The van der Waals surface area contributed by atoms with E-state index < -0.39 is 0 Å². The van der Waals surface area contributed by atoms with Gasteiger partial charge in [0.15, 0.2) is 17.5 Å². The fourth-order valence-corrected chi connectivity index (χ4v) is 7.14. The Bertz CT molecular complexity index is 2420. The first-order valence-electron chi connectivity index (χ1n) is 14.5. The molecule has 0 bridgehead atoms. The first-order valence-corrected chi connectivity index (χ1v) is 15.3. The molecule has 0 aliphatic rings. The average molecular weight is 582 g/mol. The zero-order valence-electron chi connectivity index (χ0n) is 23.4. The lowest BCUT2D eigenvalue weighted by molar-refractivity contribution is 1.05. The Balaban J connectivity index is 1.21. The highest BCUT2D eigenvalue weighted by molar-refractivity contribution is 7.25. The molecule has 0 amide bonds. The van der Waals surface area contributed by atoms with Crippen LogP contribution in [0, 0.1) is 0 Å². The number of benzene rings is 5. The van der Waals surface area contributed by atoms with E-state index in [2.05, 4.69) is 77.4 Å². The van der Waals surface area contributed by atoms with Crippen molar-refractivity contribution in [3.05, 3.63) is 140 Å². The van der Waals surface area contributed by atoms with Crippen LogP contribution in [-0.4, -0.2) is 24.5 Å². The maximum absolute atomic E-state index is 4.99. The maximum atomic E-state index is 4.99. The van der Waals surface area contributed by atoms with E-state index in [4.69, 9.17) is 19.9 Å². The van der Waals surface area contributed by atoms with Gasteiger partial charge in [-0.1, -0.05) is 97.1 Å². The molecule has 44 heavy (non-hydrogen) atoms. The summed E-state index contributed by atoms with van der Waals surface area (Å²) in [6, 6.07) is 46.0. The molecule has 5 nitrogen and oxygen atoms in total. The van der Waals surface area contributed by atoms with Crippen LogP contribution in [0.3, 0.4) is 0 Å². The van der Waals surface area contributed by atoms with Gasteiger partial charge < -0.3 is 0 Å². The van der Waals surface area contributed by atoms with E-state index in [0.717, 1.165) is 33.5 Å². The Hall–Kier alpha value is -5.72. The molecule has 0 spiro atoms. The average Bonchev–Trinajstić information content (AvgIpc) is 3.62. The monoisotopic (exact) mass is 581 g/mol. The van der Waals surface area contributed by atoms with Crippen molar-refractivity contribution in [1.29, 1.82) is 0 Å². The fourth-order valence-electron chi connectivity index (χ4n) is 6.02. The lowest BCUT2D eigenvalue weighted by atomic mass is 10.1. The van der Waals surface area contributed by atoms with Crippen molar-refractivity contribution in [1.82, 2.24) is 24.5 Å². The molecule has 9 rings (SSSR count). The zero-order valence-corrected chi connectivity index (χ0v) is 24.2. The minimum atomic E-state index is 0.589. The summed E-state index contributed by atoms with van der Waals surface area (Å²) in [6.07, 6.45) is 1.87. The molecule has 5 aromatic carbocycles. The quantitative estimate of drug-likeness (QED) is 0.208. The number of nitrogens with zero attached hydrogens (tertiary/aromatic N) is 5. The minimum Gasteiger partial charge on any atom is -0.294 e. The van der Waals surface area contributed by atoms with Crippen LogP contribution in [0.15, 0.2) is 140 Å². The summed E-state index contributed by atoms with van der Waals surface area (Å²) < 4.78 is 4.83. The van der Waals surface area contributed by atoms with Crippen molar-refractivity contribution < 1.29 is 0 Å². The molecule has 6 heteroatoms. The van der Waals surface area contributed by atoms with Gasteiger partial charge in [-0.15, -0.1) is 11.3 Å². The molecule has 0 atom stereocenters. The van der Waals surface area contributed by atoms with Gasteiger partial charge in [0.1, 0.15) is 5.82 Å². The van der Waals surface area contributed by atoms with E-state index in [9.17, 15) is 0 Å². The number of fused-ring (bicyclic) bond motifs is 6. The second-order valence-corrected chi connectivity index (χ2v) is 11.8. The van der Waals surface area contributed by atoms with Crippen molar-refractivity contribution >= 4 is 53.3 Å². The second-order valence-electron chi connectivity index (χ2n) is 10.8. The molecule has 0 radical (unpaired) electrons. The number of para-hydroxylation sites is 1. The van der Waals surface area contributed by atoms with Crippen LogP contribution in [0.25, 0.3) is 82.0 Å². The third-order valence-corrected chi connectivity index (χ3v) is 9.24. The Labute approximate surface area is 256 Å². The van der Waals surface area contributed by atoms with Crippen LogP contribution in [0.1, 0.15) is 0 Å². The zero-order chi connectivity index (χ0) is 29.0. The second kappa shape index (κ2) is 9.93. The Morgan fingerprint density at radius 3 is 1.73 bits per heavy atom.